The number of esters is 1. The van der Waals surface area contributed by atoms with E-state index < -0.39 is 17.7 Å². The smallest absolute Gasteiger partial charge is 0.342 e. The summed E-state index contributed by atoms with van der Waals surface area (Å²) in [7, 11) is 0. The highest BCUT2D eigenvalue weighted by atomic mass is 16.6. The molecule has 0 saturated heterocycles. The van der Waals surface area contributed by atoms with Crippen LogP contribution in [0.2, 0.25) is 0 Å². The Morgan fingerprint density at radius 3 is 2.62 bits per heavy atom. The van der Waals surface area contributed by atoms with E-state index in [1.807, 2.05) is 0 Å². The zero-order valence-electron chi connectivity index (χ0n) is 8.93. The number of carbonyl (C=O) groups excluding carboxylic acids is 2. The maximum Gasteiger partial charge on any atom is 0.342 e. The zero-order valence-corrected chi connectivity index (χ0v) is 8.93. The average Bonchev–Trinajstić information content (AvgIpc) is 2.68. The van der Waals surface area contributed by atoms with Gasteiger partial charge in [-0.25, -0.2) is 4.79 Å². The van der Waals surface area contributed by atoms with E-state index in [-0.39, 0.29) is 5.06 Å². The van der Waals surface area contributed by atoms with Crippen molar-refractivity contribution < 1.29 is 19.5 Å². The first-order valence-corrected chi connectivity index (χ1v) is 4.50. The lowest BCUT2D eigenvalue weighted by molar-refractivity contribution is -0.240. The van der Waals surface area contributed by atoms with Crippen molar-refractivity contribution in [3.05, 3.63) is 24.0 Å². The maximum absolute atomic E-state index is 11.0. The summed E-state index contributed by atoms with van der Waals surface area (Å²) in [5.41, 5.74) is 3.59. The van der Waals surface area contributed by atoms with Gasteiger partial charge in [0, 0.05) is 20.0 Å². The molecular formula is C9H13N3O4. The molecule has 2 amide bonds. The topological polar surface area (TPSA) is 109 Å². The van der Waals surface area contributed by atoms with Gasteiger partial charge in [-0.2, -0.15) is 5.06 Å². The number of H-pyrrole nitrogens is 1. The number of aromatic nitrogens is 1. The highest BCUT2D eigenvalue weighted by molar-refractivity contribution is 5.72. The summed E-state index contributed by atoms with van der Waals surface area (Å²) in [6.45, 7) is 2.50. The van der Waals surface area contributed by atoms with Gasteiger partial charge in [0.05, 0.1) is 5.69 Å². The highest BCUT2D eigenvalue weighted by Gasteiger charge is 2.40. The van der Waals surface area contributed by atoms with Gasteiger partial charge in [0.15, 0.2) is 0 Å². The average molecular weight is 227 g/mol. The second-order valence-electron chi connectivity index (χ2n) is 3.31. The number of ether oxygens (including phenoxy) is 1. The summed E-state index contributed by atoms with van der Waals surface area (Å²) in [6.07, 6.45) is 1.56. The SMILES string of the molecule is CC(=O)OC(C)(c1ccc[nH]1)N(O)C(N)=O. The highest BCUT2D eigenvalue weighted by Crippen LogP contribution is 2.27. The van der Waals surface area contributed by atoms with Gasteiger partial charge in [0.1, 0.15) is 0 Å². The van der Waals surface area contributed by atoms with E-state index in [0.717, 1.165) is 6.92 Å². The number of primary amides is 1. The normalized spacial score (nSPS) is 13.9. The van der Waals surface area contributed by atoms with Crippen LogP contribution in [-0.2, 0) is 15.3 Å². The minimum atomic E-state index is -1.67. The Morgan fingerprint density at radius 2 is 2.25 bits per heavy atom. The Bertz CT molecular complexity index is 389. The molecule has 0 aliphatic heterocycles. The lowest BCUT2D eigenvalue weighted by Gasteiger charge is -2.33. The first-order chi connectivity index (χ1) is 7.38. The molecule has 1 unspecified atom stereocenters. The van der Waals surface area contributed by atoms with Gasteiger partial charge in [-0.15, -0.1) is 0 Å². The van der Waals surface area contributed by atoms with E-state index >= 15 is 0 Å². The lowest BCUT2D eigenvalue weighted by atomic mass is 10.1. The maximum atomic E-state index is 11.0. The number of nitrogens with one attached hydrogen (secondary N) is 1. The molecule has 88 valence electrons. The number of hydrogen-bond donors (Lipinski definition) is 3. The van der Waals surface area contributed by atoms with Crippen LogP contribution in [0.4, 0.5) is 4.79 Å². The summed E-state index contributed by atoms with van der Waals surface area (Å²) in [4.78, 5) is 24.6. The van der Waals surface area contributed by atoms with Crippen LogP contribution in [-0.4, -0.2) is 27.3 Å². The summed E-state index contributed by atoms with van der Waals surface area (Å²) in [5, 5.41) is 9.68. The molecule has 0 aliphatic carbocycles. The fraction of sp³-hybridized carbons (Fsp3) is 0.333. The monoisotopic (exact) mass is 227 g/mol. The summed E-state index contributed by atoms with van der Waals surface area (Å²) < 4.78 is 4.91. The van der Waals surface area contributed by atoms with Crippen molar-refractivity contribution in [2.24, 2.45) is 5.73 Å². The fourth-order valence-corrected chi connectivity index (χ4v) is 1.32. The van der Waals surface area contributed by atoms with Crippen molar-refractivity contribution in [3.63, 3.8) is 0 Å². The predicted molar refractivity (Wildman–Crippen MR) is 53.1 cm³/mol. The number of carbonyl (C=O) groups is 2. The largest absolute Gasteiger partial charge is 0.431 e. The molecule has 16 heavy (non-hydrogen) atoms. The molecule has 1 heterocycles. The molecule has 7 nitrogen and oxygen atoms in total. The molecule has 0 aromatic carbocycles. The number of amides is 2. The third kappa shape index (κ3) is 2.14. The number of hydroxylamine groups is 2. The van der Waals surface area contributed by atoms with Crippen molar-refractivity contribution in [2.45, 2.75) is 19.6 Å². The van der Waals surface area contributed by atoms with E-state index in [1.165, 1.54) is 6.92 Å². The quantitative estimate of drug-likeness (QED) is 0.302. The number of urea groups is 1. The minimum Gasteiger partial charge on any atom is -0.431 e. The molecule has 0 aliphatic rings. The van der Waals surface area contributed by atoms with E-state index in [1.54, 1.807) is 18.3 Å². The van der Waals surface area contributed by atoms with E-state index in [4.69, 9.17) is 10.5 Å². The molecule has 0 saturated carbocycles. The summed E-state index contributed by atoms with van der Waals surface area (Å²) in [6, 6.07) is 2.06. The predicted octanol–water partition coefficient (Wildman–Crippen LogP) is 0.520. The van der Waals surface area contributed by atoms with Gasteiger partial charge in [-0.1, -0.05) is 0 Å². The Kier molecular flexibility index (Phi) is 3.19. The van der Waals surface area contributed by atoms with Gasteiger partial charge < -0.3 is 15.5 Å². The molecule has 0 bridgehead atoms. The molecule has 0 spiro atoms. The zero-order chi connectivity index (χ0) is 12.3. The summed E-state index contributed by atoms with van der Waals surface area (Å²) >= 11 is 0. The number of nitrogens with zero attached hydrogens (tertiary/aromatic N) is 1. The number of hydrogen-bond acceptors (Lipinski definition) is 4. The number of rotatable bonds is 3. The Morgan fingerprint density at radius 1 is 1.62 bits per heavy atom. The third-order valence-corrected chi connectivity index (χ3v) is 2.05. The van der Waals surface area contributed by atoms with Crippen LogP contribution in [0.15, 0.2) is 18.3 Å². The molecule has 1 atom stereocenters. The standard InChI is InChI=1S/C9H13N3O4/c1-6(13)16-9(2,12(15)8(10)14)7-4-3-5-11-7/h3-5,11,15H,1-2H3,(H2,10,14). The molecule has 4 N–H and O–H groups in total. The number of nitrogens with two attached hydrogens (primary N) is 1. The van der Waals surface area contributed by atoms with Gasteiger partial charge in [0.2, 0.25) is 0 Å². The van der Waals surface area contributed by atoms with Crippen LogP contribution in [0, 0.1) is 0 Å². The van der Waals surface area contributed by atoms with E-state index in [2.05, 4.69) is 4.98 Å². The van der Waals surface area contributed by atoms with E-state index in [0.29, 0.717) is 5.69 Å². The van der Waals surface area contributed by atoms with Crippen molar-refractivity contribution in [3.8, 4) is 0 Å². The summed E-state index contributed by atoms with van der Waals surface area (Å²) in [5.74, 6) is -0.655. The minimum absolute atomic E-state index is 0.153. The fourth-order valence-electron chi connectivity index (χ4n) is 1.32. The van der Waals surface area contributed by atoms with Gasteiger partial charge in [-0.05, 0) is 12.1 Å². The van der Waals surface area contributed by atoms with E-state index in [9.17, 15) is 14.8 Å². The van der Waals surface area contributed by atoms with Crippen molar-refractivity contribution in [1.29, 1.82) is 0 Å². The first kappa shape index (κ1) is 12.1. The van der Waals surface area contributed by atoms with Crippen LogP contribution in [0.5, 0.6) is 0 Å². The van der Waals surface area contributed by atoms with Crippen LogP contribution >= 0.6 is 0 Å². The third-order valence-electron chi connectivity index (χ3n) is 2.05. The number of aromatic amines is 1. The molecular weight excluding hydrogens is 214 g/mol. The second-order valence-corrected chi connectivity index (χ2v) is 3.31. The Balaban J connectivity index is 3.11. The molecule has 0 fully saturated rings. The second kappa shape index (κ2) is 4.23. The van der Waals surface area contributed by atoms with Crippen molar-refractivity contribution in [2.75, 3.05) is 0 Å². The van der Waals surface area contributed by atoms with Gasteiger partial charge in [-0.3, -0.25) is 10.0 Å². The van der Waals surface area contributed by atoms with Crippen LogP contribution < -0.4 is 5.73 Å². The van der Waals surface area contributed by atoms with Crippen LogP contribution in [0.25, 0.3) is 0 Å². The van der Waals surface area contributed by atoms with Crippen LogP contribution in [0.1, 0.15) is 19.5 Å². The van der Waals surface area contributed by atoms with Crippen molar-refractivity contribution in [1.82, 2.24) is 10.0 Å². The van der Waals surface area contributed by atoms with Gasteiger partial charge >= 0.3 is 12.0 Å². The molecule has 1 rings (SSSR count). The first-order valence-electron chi connectivity index (χ1n) is 4.50. The Labute approximate surface area is 91.7 Å². The van der Waals surface area contributed by atoms with Gasteiger partial charge in [0.25, 0.3) is 5.72 Å². The lowest BCUT2D eigenvalue weighted by Crippen LogP contribution is -2.50. The molecule has 1 aromatic heterocycles. The molecule has 7 heteroatoms. The molecule has 1 aromatic rings. The van der Waals surface area contributed by atoms with Crippen molar-refractivity contribution >= 4 is 12.0 Å². The molecule has 0 radical (unpaired) electrons. The van der Waals surface area contributed by atoms with Crippen LogP contribution in [0.3, 0.4) is 0 Å². The Hall–Kier alpha value is -2.02.